The molecule has 0 aromatic heterocycles. The maximum absolute atomic E-state index is 11.9. The molecular formula is C18H21ClN2O2S. The number of hydrogen-bond acceptors (Lipinski definition) is 3. The van der Waals surface area contributed by atoms with Gasteiger partial charge in [-0.2, -0.15) is 0 Å². The van der Waals surface area contributed by atoms with Crippen molar-refractivity contribution in [3.05, 3.63) is 63.2 Å². The summed E-state index contributed by atoms with van der Waals surface area (Å²) >= 11 is 6.53. The van der Waals surface area contributed by atoms with Crippen molar-refractivity contribution in [3.63, 3.8) is 0 Å². The van der Waals surface area contributed by atoms with Gasteiger partial charge in [-0.05, 0) is 60.8 Å². The Balaban J connectivity index is 2.25. The molecule has 1 atom stereocenters. The highest BCUT2D eigenvalue weighted by Crippen LogP contribution is 2.40. The predicted molar refractivity (Wildman–Crippen MR) is 96.9 cm³/mol. The van der Waals surface area contributed by atoms with E-state index in [2.05, 4.69) is 18.9 Å². The van der Waals surface area contributed by atoms with E-state index in [9.17, 15) is 8.42 Å². The lowest BCUT2D eigenvalue weighted by Crippen LogP contribution is -2.32. The molecule has 6 heteroatoms. The Labute approximate surface area is 148 Å². The summed E-state index contributed by atoms with van der Waals surface area (Å²) in [6.07, 6.45) is 0. The lowest BCUT2D eigenvalue weighted by Gasteiger charge is -2.35. The van der Waals surface area contributed by atoms with Gasteiger partial charge in [0.15, 0.2) is 0 Å². The minimum Gasteiger partial charge on any atom is -0.301 e. The molecule has 0 aliphatic carbocycles. The first-order valence-corrected chi connectivity index (χ1v) is 9.71. The number of primary sulfonamides is 1. The van der Waals surface area contributed by atoms with Crippen molar-refractivity contribution < 1.29 is 8.42 Å². The zero-order valence-corrected chi connectivity index (χ0v) is 15.6. The van der Waals surface area contributed by atoms with Gasteiger partial charge in [-0.1, -0.05) is 29.8 Å². The van der Waals surface area contributed by atoms with E-state index in [1.54, 1.807) is 12.1 Å². The molecule has 0 amide bonds. The van der Waals surface area contributed by atoms with E-state index in [1.807, 2.05) is 25.1 Å². The van der Waals surface area contributed by atoms with Crippen LogP contribution in [-0.2, 0) is 16.6 Å². The van der Waals surface area contributed by atoms with Crippen LogP contribution in [0.5, 0.6) is 0 Å². The molecule has 2 N–H and O–H groups in total. The number of nitrogens with zero attached hydrogens (tertiary/aromatic N) is 1. The number of benzene rings is 2. The lowest BCUT2D eigenvalue weighted by atomic mass is 9.81. The molecule has 128 valence electrons. The van der Waals surface area contributed by atoms with Gasteiger partial charge in [-0.25, -0.2) is 13.6 Å². The van der Waals surface area contributed by atoms with Gasteiger partial charge in [-0.15, -0.1) is 0 Å². The molecule has 0 radical (unpaired) electrons. The number of likely N-dealkylation sites (N-methyl/N-ethyl adjacent to an activating group) is 1. The average Bonchev–Trinajstić information content (AvgIpc) is 2.49. The summed E-state index contributed by atoms with van der Waals surface area (Å²) in [6, 6.07) is 9.23. The normalized spacial score (nSPS) is 18.5. The van der Waals surface area contributed by atoms with Gasteiger partial charge in [0, 0.05) is 24.0 Å². The van der Waals surface area contributed by atoms with Crippen molar-refractivity contribution in [1.29, 1.82) is 0 Å². The Morgan fingerprint density at radius 3 is 2.58 bits per heavy atom. The van der Waals surface area contributed by atoms with Crippen molar-refractivity contribution in [3.8, 4) is 0 Å². The van der Waals surface area contributed by atoms with Crippen LogP contribution in [0.2, 0.25) is 5.02 Å². The first-order valence-electron chi connectivity index (χ1n) is 7.79. The third kappa shape index (κ3) is 2.97. The molecule has 2 aromatic rings. The third-order valence-corrected chi connectivity index (χ3v) is 6.20. The Morgan fingerprint density at radius 2 is 1.92 bits per heavy atom. The Kier molecular flexibility index (Phi) is 4.47. The molecule has 1 unspecified atom stereocenters. The fraction of sp³-hybridized carbons (Fsp3) is 0.333. The Morgan fingerprint density at radius 1 is 1.21 bits per heavy atom. The summed E-state index contributed by atoms with van der Waals surface area (Å²) in [5, 5.41) is 6.10. The molecule has 1 heterocycles. The van der Waals surface area contributed by atoms with Crippen molar-refractivity contribution in [1.82, 2.24) is 4.90 Å². The molecular weight excluding hydrogens is 344 g/mol. The van der Waals surface area contributed by atoms with E-state index < -0.39 is 10.0 Å². The largest absolute Gasteiger partial charge is 0.301 e. The van der Waals surface area contributed by atoms with Crippen molar-refractivity contribution in [2.24, 2.45) is 5.14 Å². The summed E-state index contributed by atoms with van der Waals surface area (Å²) < 4.78 is 23.7. The maximum Gasteiger partial charge on any atom is 0.238 e. The van der Waals surface area contributed by atoms with Gasteiger partial charge >= 0.3 is 0 Å². The minimum atomic E-state index is -3.75. The average molecular weight is 365 g/mol. The quantitative estimate of drug-likeness (QED) is 0.890. The summed E-state index contributed by atoms with van der Waals surface area (Å²) in [6.45, 7) is 5.52. The number of nitrogens with two attached hydrogens (primary N) is 1. The smallest absolute Gasteiger partial charge is 0.238 e. The van der Waals surface area contributed by atoms with Crippen molar-refractivity contribution in [2.45, 2.75) is 31.2 Å². The Hall–Kier alpha value is -1.40. The molecule has 4 nitrogen and oxygen atoms in total. The summed E-state index contributed by atoms with van der Waals surface area (Å²) in [4.78, 5) is 2.41. The topological polar surface area (TPSA) is 63.4 Å². The molecule has 0 bridgehead atoms. The molecule has 2 aromatic carbocycles. The van der Waals surface area contributed by atoms with E-state index in [0.717, 1.165) is 29.2 Å². The summed E-state index contributed by atoms with van der Waals surface area (Å²) in [5.41, 5.74) is 5.18. The SMILES string of the molecule is Cc1ccc(Cl)c2c1CN(C)CC2c1cccc(S(N)(=O)=O)c1C. The van der Waals surface area contributed by atoms with Gasteiger partial charge < -0.3 is 4.90 Å². The molecule has 3 rings (SSSR count). The first kappa shape index (κ1) is 17.4. The Bertz CT molecular complexity index is 909. The summed E-state index contributed by atoms with van der Waals surface area (Å²) in [5.74, 6) is 0.0212. The van der Waals surface area contributed by atoms with E-state index in [0.29, 0.717) is 5.56 Å². The number of hydrogen-bond donors (Lipinski definition) is 1. The van der Waals surface area contributed by atoms with E-state index in [1.165, 1.54) is 11.1 Å². The predicted octanol–water partition coefficient (Wildman–Crippen LogP) is 3.18. The van der Waals surface area contributed by atoms with Crippen LogP contribution in [0.25, 0.3) is 0 Å². The second-order valence-corrected chi connectivity index (χ2v) is 8.46. The van der Waals surface area contributed by atoms with Crippen LogP contribution < -0.4 is 5.14 Å². The van der Waals surface area contributed by atoms with Gasteiger partial charge in [0.25, 0.3) is 0 Å². The van der Waals surface area contributed by atoms with Gasteiger partial charge in [0.05, 0.1) is 4.90 Å². The number of fused-ring (bicyclic) bond motifs is 1. The van der Waals surface area contributed by atoms with E-state index in [-0.39, 0.29) is 10.8 Å². The fourth-order valence-corrected chi connectivity index (χ4v) is 4.76. The fourth-order valence-electron chi connectivity index (χ4n) is 3.64. The summed E-state index contributed by atoms with van der Waals surface area (Å²) in [7, 11) is -1.69. The molecule has 0 saturated heterocycles. The zero-order valence-electron chi connectivity index (χ0n) is 14.0. The van der Waals surface area contributed by atoms with Crippen LogP contribution >= 0.6 is 11.6 Å². The number of halogens is 1. The third-order valence-electron chi connectivity index (χ3n) is 4.82. The van der Waals surface area contributed by atoms with Crippen molar-refractivity contribution in [2.75, 3.05) is 13.6 Å². The number of rotatable bonds is 2. The molecule has 0 spiro atoms. The minimum absolute atomic E-state index is 0.0212. The number of aryl methyl sites for hydroxylation is 1. The number of sulfonamides is 1. The second-order valence-electron chi connectivity index (χ2n) is 6.52. The lowest BCUT2D eigenvalue weighted by molar-refractivity contribution is 0.294. The monoisotopic (exact) mass is 364 g/mol. The maximum atomic E-state index is 11.9. The molecule has 0 fully saturated rings. The van der Waals surface area contributed by atoms with Gasteiger partial charge in [0.2, 0.25) is 10.0 Å². The highest BCUT2D eigenvalue weighted by atomic mass is 35.5. The molecule has 0 saturated carbocycles. The molecule has 24 heavy (non-hydrogen) atoms. The van der Waals surface area contributed by atoms with Crippen LogP contribution in [0, 0.1) is 13.8 Å². The highest BCUT2D eigenvalue weighted by Gasteiger charge is 2.30. The standard InChI is InChI=1S/C18H21ClN2O2S/c1-11-7-8-16(19)18-14(11)9-21(3)10-15(18)13-5-4-6-17(12(13)2)24(20,22)23/h4-8,15H,9-10H2,1-3H3,(H2,20,22,23). The van der Waals surface area contributed by atoms with Crippen LogP contribution in [0.4, 0.5) is 0 Å². The van der Waals surface area contributed by atoms with Gasteiger partial charge in [0.1, 0.15) is 0 Å². The van der Waals surface area contributed by atoms with E-state index >= 15 is 0 Å². The van der Waals surface area contributed by atoms with Crippen LogP contribution in [0.1, 0.15) is 33.7 Å². The van der Waals surface area contributed by atoms with Crippen LogP contribution in [0.15, 0.2) is 35.2 Å². The molecule has 1 aliphatic rings. The molecule has 1 aliphatic heterocycles. The van der Waals surface area contributed by atoms with Crippen LogP contribution in [-0.4, -0.2) is 26.9 Å². The first-order chi connectivity index (χ1) is 11.2. The second kappa shape index (κ2) is 6.15. The van der Waals surface area contributed by atoms with Gasteiger partial charge in [-0.3, -0.25) is 0 Å². The zero-order chi connectivity index (χ0) is 17.6. The van der Waals surface area contributed by atoms with Crippen LogP contribution in [0.3, 0.4) is 0 Å². The highest BCUT2D eigenvalue weighted by molar-refractivity contribution is 7.89. The van der Waals surface area contributed by atoms with E-state index in [4.69, 9.17) is 16.7 Å². The van der Waals surface area contributed by atoms with Crippen molar-refractivity contribution >= 4 is 21.6 Å².